The maximum Gasteiger partial charge on any atom is 0.230 e. The second-order valence-corrected chi connectivity index (χ2v) is 7.11. The summed E-state index contributed by atoms with van der Waals surface area (Å²) in [5, 5.41) is 4.42. The van der Waals surface area contributed by atoms with Crippen LogP contribution in [-0.2, 0) is 4.79 Å². The highest BCUT2D eigenvalue weighted by Gasteiger charge is 2.45. The van der Waals surface area contributed by atoms with Crippen LogP contribution in [0.4, 0.5) is 0 Å². The van der Waals surface area contributed by atoms with Crippen molar-refractivity contribution in [3.05, 3.63) is 54.4 Å². The molecule has 3 atom stereocenters. The predicted octanol–water partition coefficient (Wildman–Crippen LogP) is 3.77. The van der Waals surface area contributed by atoms with Gasteiger partial charge < -0.3 is 4.90 Å². The molecule has 2 aliphatic rings. The van der Waals surface area contributed by atoms with E-state index in [0.29, 0.717) is 24.0 Å². The SMILES string of the molecule is CCC(C(=O)N1C2CCC1CC(n1cccn1)C2)c1ccccc1. The van der Waals surface area contributed by atoms with Crippen LogP contribution in [0.5, 0.6) is 0 Å². The Morgan fingerprint density at radius 2 is 1.83 bits per heavy atom. The van der Waals surface area contributed by atoms with Crippen LogP contribution in [0.2, 0.25) is 0 Å². The van der Waals surface area contributed by atoms with Gasteiger partial charge in [-0.1, -0.05) is 37.3 Å². The molecule has 1 aromatic heterocycles. The maximum atomic E-state index is 13.3. The zero-order valence-electron chi connectivity index (χ0n) is 14.2. The van der Waals surface area contributed by atoms with E-state index in [1.54, 1.807) is 0 Å². The first-order valence-electron chi connectivity index (χ1n) is 9.14. The van der Waals surface area contributed by atoms with E-state index in [4.69, 9.17) is 0 Å². The lowest BCUT2D eigenvalue weighted by Gasteiger charge is -2.40. The third-order valence-corrected chi connectivity index (χ3v) is 5.77. The van der Waals surface area contributed by atoms with Crippen molar-refractivity contribution < 1.29 is 4.79 Å². The second kappa shape index (κ2) is 6.42. The first-order valence-corrected chi connectivity index (χ1v) is 9.14. The van der Waals surface area contributed by atoms with Crippen molar-refractivity contribution in [3.63, 3.8) is 0 Å². The van der Waals surface area contributed by atoms with Crippen molar-refractivity contribution in [1.82, 2.24) is 14.7 Å². The summed E-state index contributed by atoms with van der Waals surface area (Å²) in [6, 6.07) is 13.4. The van der Waals surface area contributed by atoms with Crippen LogP contribution in [0.25, 0.3) is 0 Å². The van der Waals surface area contributed by atoms with Crippen molar-refractivity contribution >= 4 is 5.91 Å². The van der Waals surface area contributed by atoms with Crippen molar-refractivity contribution in [3.8, 4) is 0 Å². The number of carbonyl (C=O) groups excluding carboxylic acids is 1. The molecular formula is C20H25N3O. The first-order chi connectivity index (χ1) is 11.8. The number of hydrogen-bond donors (Lipinski definition) is 0. The van der Waals surface area contributed by atoms with Gasteiger partial charge in [-0.25, -0.2) is 0 Å². The summed E-state index contributed by atoms with van der Waals surface area (Å²) in [6.45, 7) is 2.12. The van der Waals surface area contributed by atoms with Gasteiger partial charge in [0.05, 0.1) is 12.0 Å². The molecule has 3 unspecified atom stereocenters. The average molecular weight is 323 g/mol. The van der Waals surface area contributed by atoms with Gasteiger partial charge in [0.1, 0.15) is 0 Å². The zero-order chi connectivity index (χ0) is 16.5. The minimum absolute atomic E-state index is 0.00412. The minimum Gasteiger partial charge on any atom is -0.336 e. The fraction of sp³-hybridized carbons (Fsp3) is 0.500. The van der Waals surface area contributed by atoms with Gasteiger partial charge in [0.2, 0.25) is 5.91 Å². The normalized spacial score (nSPS) is 27.2. The van der Waals surface area contributed by atoms with Crippen LogP contribution < -0.4 is 0 Å². The Kier molecular flexibility index (Phi) is 4.13. The lowest BCUT2D eigenvalue weighted by Crippen LogP contribution is -2.48. The minimum atomic E-state index is -0.00412. The molecule has 2 fully saturated rings. The van der Waals surface area contributed by atoms with Crippen LogP contribution >= 0.6 is 0 Å². The first kappa shape index (κ1) is 15.4. The third-order valence-electron chi connectivity index (χ3n) is 5.77. The Morgan fingerprint density at radius 1 is 1.12 bits per heavy atom. The monoisotopic (exact) mass is 323 g/mol. The van der Waals surface area contributed by atoms with Crippen LogP contribution in [0.1, 0.15) is 56.6 Å². The lowest BCUT2D eigenvalue weighted by atomic mass is 9.91. The van der Waals surface area contributed by atoms with Crippen molar-refractivity contribution in [1.29, 1.82) is 0 Å². The molecular weight excluding hydrogens is 298 g/mol. The Morgan fingerprint density at radius 3 is 2.42 bits per heavy atom. The predicted molar refractivity (Wildman–Crippen MR) is 93.6 cm³/mol. The molecule has 0 N–H and O–H groups in total. The largest absolute Gasteiger partial charge is 0.336 e. The number of amides is 1. The summed E-state index contributed by atoms with van der Waals surface area (Å²) < 4.78 is 2.08. The van der Waals surface area contributed by atoms with Gasteiger partial charge >= 0.3 is 0 Å². The summed E-state index contributed by atoms with van der Waals surface area (Å²) in [7, 11) is 0. The van der Waals surface area contributed by atoms with Crippen molar-refractivity contribution in [2.45, 2.75) is 63.1 Å². The maximum absolute atomic E-state index is 13.3. The number of aromatic nitrogens is 2. The molecule has 2 aliphatic heterocycles. The summed E-state index contributed by atoms with van der Waals surface area (Å²) in [4.78, 5) is 15.5. The molecule has 0 saturated carbocycles. The van der Waals surface area contributed by atoms with Crippen LogP contribution in [-0.4, -0.2) is 32.7 Å². The zero-order valence-corrected chi connectivity index (χ0v) is 14.2. The Labute approximate surface area is 143 Å². The molecule has 3 heterocycles. The van der Waals surface area contributed by atoms with Crippen LogP contribution in [0, 0.1) is 0 Å². The average Bonchev–Trinajstić information content (AvgIpc) is 3.23. The topological polar surface area (TPSA) is 38.1 Å². The molecule has 4 nitrogen and oxygen atoms in total. The number of hydrogen-bond acceptors (Lipinski definition) is 2. The molecule has 2 bridgehead atoms. The molecule has 1 aromatic carbocycles. The van der Waals surface area contributed by atoms with Gasteiger partial charge in [-0.15, -0.1) is 0 Å². The molecule has 0 radical (unpaired) electrons. The van der Waals surface area contributed by atoms with Gasteiger partial charge in [-0.2, -0.15) is 5.10 Å². The van der Waals surface area contributed by atoms with E-state index in [2.05, 4.69) is 39.9 Å². The molecule has 24 heavy (non-hydrogen) atoms. The number of carbonyl (C=O) groups is 1. The molecule has 2 saturated heterocycles. The molecule has 4 heteroatoms. The van der Waals surface area contributed by atoms with Crippen molar-refractivity contribution in [2.24, 2.45) is 0 Å². The Balaban J connectivity index is 1.54. The smallest absolute Gasteiger partial charge is 0.230 e. The molecule has 1 amide bonds. The highest BCUT2D eigenvalue weighted by atomic mass is 16.2. The van der Waals surface area contributed by atoms with Gasteiger partial charge in [-0.05, 0) is 43.7 Å². The number of piperidine rings is 1. The van der Waals surface area contributed by atoms with E-state index in [9.17, 15) is 4.79 Å². The van der Waals surface area contributed by atoms with E-state index in [1.165, 1.54) is 0 Å². The highest BCUT2D eigenvalue weighted by molar-refractivity contribution is 5.84. The van der Waals surface area contributed by atoms with E-state index >= 15 is 0 Å². The van der Waals surface area contributed by atoms with Gasteiger partial charge in [0, 0.05) is 24.5 Å². The molecule has 4 rings (SSSR count). The summed E-state index contributed by atoms with van der Waals surface area (Å²) in [6.07, 6.45) is 9.12. The number of fused-ring (bicyclic) bond motifs is 2. The lowest BCUT2D eigenvalue weighted by molar-refractivity contribution is -0.138. The van der Waals surface area contributed by atoms with E-state index < -0.39 is 0 Å². The quantitative estimate of drug-likeness (QED) is 0.859. The van der Waals surface area contributed by atoms with E-state index in [0.717, 1.165) is 37.7 Å². The molecule has 2 aromatic rings. The van der Waals surface area contributed by atoms with E-state index in [1.807, 2.05) is 30.5 Å². The number of benzene rings is 1. The summed E-state index contributed by atoms with van der Waals surface area (Å²) in [5.74, 6) is 0.325. The molecule has 126 valence electrons. The standard InChI is InChI=1S/C20H25N3O/c1-2-19(15-7-4-3-5-8-15)20(24)23-16-9-10-17(23)14-18(13-16)22-12-6-11-21-22/h3-8,11-12,16-19H,2,9-10,13-14H2,1H3. The highest BCUT2D eigenvalue weighted by Crippen LogP contribution is 2.42. The third kappa shape index (κ3) is 2.64. The summed E-state index contributed by atoms with van der Waals surface area (Å²) >= 11 is 0. The fourth-order valence-corrected chi connectivity index (χ4v) is 4.64. The summed E-state index contributed by atoms with van der Waals surface area (Å²) in [5.41, 5.74) is 1.15. The second-order valence-electron chi connectivity index (χ2n) is 7.11. The molecule has 0 spiro atoms. The van der Waals surface area contributed by atoms with Crippen LogP contribution in [0.3, 0.4) is 0 Å². The van der Waals surface area contributed by atoms with Gasteiger partial charge in [-0.3, -0.25) is 9.48 Å². The van der Waals surface area contributed by atoms with Gasteiger partial charge in [0.25, 0.3) is 0 Å². The Bertz CT molecular complexity index is 668. The Hall–Kier alpha value is -2.10. The number of nitrogens with zero attached hydrogens (tertiary/aromatic N) is 3. The fourth-order valence-electron chi connectivity index (χ4n) is 4.64. The molecule has 0 aliphatic carbocycles. The van der Waals surface area contributed by atoms with Crippen molar-refractivity contribution in [2.75, 3.05) is 0 Å². The van der Waals surface area contributed by atoms with Crippen LogP contribution in [0.15, 0.2) is 48.8 Å². The number of rotatable bonds is 4. The van der Waals surface area contributed by atoms with Gasteiger partial charge in [0.15, 0.2) is 0 Å². The van der Waals surface area contributed by atoms with E-state index in [-0.39, 0.29) is 5.92 Å².